The molecule has 0 radical (unpaired) electrons. The van der Waals surface area contributed by atoms with Gasteiger partial charge in [-0.1, -0.05) is 50.7 Å². The molecule has 0 heterocycles. The van der Waals surface area contributed by atoms with Crippen LogP contribution >= 0.6 is 0 Å². The molecule has 2 fully saturated rings. The molecule has 2 aliphatic carbocycles. The average Bonchev–Trinajstić information content (AvgIpc) is 2.94. The number of rotatable bonds is 4. The molecule has 3 aromatic carbocycles. The predicted octanol–water partition coefficient (Wildman–Crippen LogP) is 9.77. The Hall–Kier alpha value is -2.94. The van der Waals surface area contributed by atoms with Gasteiger partial charge in [0.05, 0.1) is 0 Å². The van der Waals surface area contributed by atoms with Crippen LogP contribution < -0.4 is 0 Å². The minimum atomic E-state index is 0.174. The van der Waals surface area contributed by atoms with Crippen molar-refractivity contribution in [1.29, 1.82) is 0 Å². The lowest BCUT2D eigenvalue weighted by Crippen LogP contribution is -2.08. The third-order valence-corrected chi connectivity index (χ3v) is 9.84. The highest BCUT2D eigenvalue weighted by atomic mass is 16.3. The maximum absolute atomic E-state index is 11.5. The van der Waals surface area contributed by atoms with Crippen LogP contribution in [-0.2, 0) is 0 Å². The van der Waals surface area contributed by atoms with Crippen LogP contribution in [0.15, 0.2) is 24.3 Å². The topological polar surface area (TPSA) is 60.7 Å². The normalized spacial score (nSPS) is 17.2. The zero-order chi connectivity index (χ0) is 27.1. The highest BCUT2D eigenvalue weighted by molar-refractivity contribution is 5.94. The van der Waals surface area contributed by atoms with Crippen LogP contribution in [0.5, 0.6) is 17.2 Å². The Bertz CT molecular complexity index is 1350. The van der Waals surface area contributed by atoms with E-state index >= 15 is 0 Å². The third kappa shape index (κ3) is 4.59. The second-order valence-electron chi connectivity index (χ2n) is 12.0. The first-order valence-corrected chi connectivity index (χ1v) is 14.7. The Morgan fingerprint density at radius 2 is 0.947 bits per heavy atom. The summed E-state index contributed by atoms with van der Waals surface area (Å²) in [5.74, 6) is 1.64. The van der Waals surface area contributed by atoms with Gasteiger partial charge in [-0.15, -0.1) is 0 Å². The second kappa shape index (κ2) is 10.7. The van der Waals surface area contributed by atoms with Crippen molar-refractivity contribution in [2.24, 2.45) is 0 Å². The molecule has 0 amide bonds. The number of aromatic hydroxyl groups is 3. The molecule has 38 heavy (non-hydrogen) atoms. The highest BCUT2D eigenvalue weighted by Gasteiger charge is 2.27. The van der Waals surface area contributed by atoms with Gasteiger partial charge in [0, 0.05) is 16.7 Å². The van der Waals surface area contributed by atoms with Crippen LogP contribution in [-0.4, -0.2) is 15.3 Å². The Balaban J connectivity index is 1.75. The lowest BCUT2D eigenvalue weighted by Gasteiger charge is -2.28. The molecule has 3 aromatic rings. The molecule has 3 N–H and O–H groups in total. The fraction of sp³-hybridized carbons (Fsp3) is 0.486. The van der Waals surface area contributed by atoms with E-state index in [2.05, 4.69) is 26.0 Å². The summed E-state index contributed by atoms with van der Waals surface area (Å²) in [6, 6.07) is 8.23. The van der Waals surface area contributed by atoms with Gasteiger partial charge in [0.25, 0.3) is 0 Å². The van der Waals surface area contributed by atoms with Crippen LogP contribution in [0, 0.1) is 34.6 Å². The van der Waals surface area contributed by atoms with Gasteiger partial charge < -0.3 is 15.3 Å². The van der Waals surface area contributed by atoms with E-state index in [0.29, 0.717) is 23.0 Å². The molecule has 0 aliphatic heterocycles. The maximum Gasteiger partial charge on any atom is 0.127 e. The van der Waals surface area contributed by atoms with Gasteiger partial charge in [0.2, 0.25) is 0 Å². The first-order valence-electron chi connectivity index (χ1n) is 14.7. The van der Waals surface area contributed by atoms with E-state index in [1.807, 2.05) is 32.9 Å². The van der Waals surface area contributed by atoms with Crippen LogP contribution in [0.3, 0.4) is 0 Å². The van der Waals surface area contributed by atoms with Crippen molar-refractivity contribution in [2.75, 3.05) is 0 Å². The van der Waals surface area contributed by atoms with Gasteiger partial charge >= 0.3 is 0 Å². The number of phenolic OH excluding ortho intramolecular Hbond substituents is 3. The standard InChI is InChI=1S/C35H44O3/c1-20-16-17-27(30-18-28(21(2)23(4)34(30)37)25-12-8-6-9-13-25)32(33(20)36)31-19-29(22(3)24(5)35(31)38)26-14-10-7-11-15-26/h16-19,25-26,36-38H,6-15H2,1-5H3. The number of hydrogen-bond acceptors (Lipinski definition) is 3. The smallest absolute Gasteiger partial charge is 0.127 e. The van der Waals surface area contributed by atoms with Gasteiger partial charge in [0.1, 0.15) is 17.2 Å². The summed E-state index contributed by atoms with van der Waals surface area (Å²) in [4.78, 5) is 0. The number of hydrogen-bond donors (Lipinski definition) is 3. The molecule has 2 aliphatic rings. The lowest BCUT2D eigenvalue weighted by molar-refractivity contribution is 0.439. The molecular weight excluding hydrogens is 468 g/mol. The van der Waals surface area contributed by atoms with E-state index in [1.54, 1.807) is 0 Å². The minimum Gasteiger partial charge on any atom is -0.507 e. The number of aryl methyl sites for hydroxylation is 1. The van der Waals surface area contributed by atoms with E-state index in [0.717, 1.165) is 33.4 Å². The molecule has 0 saturated heterocycles. The zero-order valence-corrected chi connectivity index (χ0v) is 23.9. The minimum absolute atomic E-state index is 0.174. The van der Waals surface area contributed by atoms with Gasteiger partial charge in [-0.3, -0.25) is 0 Å². The first kappa shape index (κ1) is 26.7. The average molecular weight is 513 g/mol. The molecule has 5 rings (SSSR count). The van der Waals surface area contributed by atoms with Crippen LogP contribution in [0.2, 0.25) is 0 Å². The number of benzene rings is 3. The van der Waals surface area contributed by atoms with Crippen molar-refractivity contribution < 1.29 is 15.3 Å². The largest absolute Gasteiger partial charge is 0.507 e. The lowest BCUT2D eigenvalue weighted by atomic mass is 9.78. The van der Waals surface area contributed by atoms with Crippen LogP contribution in [0.4, 0.5) is 0 Å². The first-order chi connectivity index (χ1) is 18.2. The molecule has 0 aromatic heterocycles. The molecule has 2 saturated carbocycles. The summed E-state index contributed by atoms with van der Waals surface area (Å²) in [5, 5.41) is 34.5. The van der Waals surface area contributed by atoms with E-state index in [4.69, 9.17) is 0 Å². The highest BCUT2D eigenvalue weighted by Crippen LogP contribution is 2.51. The van der Waals surface area contributed by atoms with Crippen molar-refractivity contribution >= 4 is 0 Å². The quantitative estimate of drug-likeness (QED) is 0.326. The van der Waals surface area contributed by atoms with E-state index in [-0.39, 0.29) is 17.2 Å². The van der Waals surface area contributed by atoms with Crippen molar-refractivity contribution in [3.05, 3.63) is 63.2 Å². The van der Waals surface area contributed by atoms with Crippen molar-refractivity contribution in [3.63, 3.8) is 0 Å². The summed E-state index contributed by atoms with van der Waals surface area (Å²) in [6.07, 6.45) is 12.2. The predicted molar refractivity (Wildman–Crippen MR) is 158 cm³/mol. The maximum atomic E-state index is 11.5. The molecule has 0 bridgehead atoms. The molecule has 3 nitrogen and oxygen atoms in total. The molecule has 0 atom stereocenters. The fourth-order valence-electron chi connectivity index (χ4n) is 7.12. The van der Waals surface area contributed by atoms with Gasteiger partial charge in [-0.25, -0.2) is 0 Å². The number of phenols is 3. The summed E-state index contributed by atoms with van der Waals surface area (Å²) >= 11 is 0. The summed E-state index contributed by atoms with van der Waals surface area (Å²) < 4.78 is 0. The molecule has 202 valence electrons. The zero-order valence-electron chi connectivity index (χ0n) is 23.9. The SMILES string of the molecule is Cc1ccc(-c2cc(C3CCCCC3)c(C)c(C)c2O)c(-c2cc(C3CCCCC3)c(C)c(C)c2O)c1O. The second-order valence-corrected chi connectivity index (χ2v) is 12.0. The molecule has 3 heteroatoms. The Labute approximate surface area is 228 Å². The van der Waals surface area contributed by atoms with Crippen molar-refractivity contribution in [2.45, 2.75) is 111 Å². The summed E-state index contributed by atoms with van der Waals surface area (Å²) in [6.45, 7) is 10.1. The summed E-state index contributed by atoms with van der Waals surface area (Å²) in [7, 11) is 0. The Kier molecular flexibility index (Phi) is 7.49. The summed E-state index contributed by atoms with van der Waals surface area (Å²) in [5.41, 5.74) is 10.3. The Morgan fingerprint density at radius 1 is 0.500 bits per heavy atom. The van der Waals surface area contributed by atoms with Gasteiger partial charge in [-0.2, -0.15) is 0 Å². The Morgan fingerprint density at radius 3 is 1.45 bits per heavy atom. The van der Waals surface area contributed by atoms with E-state index in [9.17, 15) is 15.3 Å². The van der Waals surface area contributed by atoms with Gasteiger partial charge in [-0.05, 0) is 129 Å². The monoisotopic (exact) mass is 512 g/mol. The molecule has 0 unspecified atom stereocenters. The molecule has 0 spiro atoms. The van der Waals surface area contributed by atoms with Crippen LogP contribution in [0.25, 0.3) is 22.3 Å². The third-order valence-electron chi connectivity index (χ3n) is 9.84. The van der Waals surface area contributed by atoms with E-state index in [1.165, 1.54) is 80.9 Å². The fourth-order valence-corrected chi connectivity index (χ4v) is 7.12. The van der Waals surface area contributed by atoms with Crippen molar-refractivity contribution in [3.8, 4) is 39.5 Å². The van der Waals surface area contributed by atoms with Gasteiger partial charge in [0.15, 0.2) is 0 Å². The van der Waals surface area contributed by atoms with E-state index < -0.39 is 0 Å². The van der Waals surface area contributed by atoms with Crippen LogP contribution in [0.1, 0.15) is 115 Å². The van der Waals surface area contributed by atoms with Crippen molar-refractivity contribution in [1.82, 2.24) is 0 Å². The molecular formula is C35H44O3.